The highest BCUT2D eigenvalue weighted by molar-refractivity contribution is 7.16. The van der Waals surface area contributed by atoms with Crippen molar-refractivity contribution >= 4 is 51.5 Å². The number of nitrogens with two attached hydrogens (primary N) is 1. The Morgan fingerprint density at radius 2 is 1.89 bits per heavy atom. The molecule has 0 saturated heterocycles. The average molecular weight is 578 g/mol. The van der Waals surface area contributed by atoms with Crippen LogP contribution in [0.1, 0.15) is 41.6 Å². The molecule has 0 aliphatic heterocycles. The molecule has 0 aliphatic rings. The van der Waals surface area contributed by atoms with E-state index in [1.54, 1.807) is 36.5 Å². The van der Waals surface area contributed by atoms with E-state index in [1.807, 2.05) is 24.3 Å². The maximum absolute atomic E-state index is 12.8. The first-order valence-electron chi connectivity index (χ1n) is 12.6. The summed E-state index contributed by atoms with van der Waals surface area (Å²) in [4.78, 5) is 31.2. The largest absolute Gasteiger partial charge is 0.466 e. The zero-order valence-electron chi connectivity index (χ0n) is 21.9. The second kappa shape index (κ2) is 14.5. The molecule has 1 heterocycles. The van der Waals surface area contributed by atoms with Crippen molar-refractivity contribution in [3.05, 3.63) is 68.5 Å². The van der Waals surface area contributed by atoms with Crippen molar-refractivity contribution in [1.82, 2.24) is 10.3 Å². The lowest BCUT2D eigenvalue weighted by atomic mass is 9.97. The summed E-state index contributed by atoms with van der Waals surface area (Å²) >= 11 is 14.0. The number of benzene rings is 2. The summed E-state index contributed by atoms with van der Waals surface area (Å²) in [6, 6.07) is 12.8. The Morgan fingerprint density at radius 3 is 2.58 bits per heavy atom. The second-order valence-corrected chi connectivity index (χ2v) is 11.2. The lowest BCUT2D eigenvalue weighted by Gasteiger charge is -2.16. The molecule has 0 spiro atoms. The van der Waals surface area contributed by atoms with Crippen molar-refractivity contribution in [2.24, 2.45) is 17.6 Å². The predicted molar refractivity (Wildman–Crippen MR) is 156 cm³/mol. The smallest absolute Gasteiger partial charge is 0.311 e. The summed E-state index contributed by atoms with van der Waals surface area (Å²) in [5, 5.41) is 7.81. The number of nitrogens with zero attached hydrogens (tertiary/aromatic N) is 1. The first-order chi connectivity index (χ1) is 18.2. The number of amides is 1. The molecular formula is C28H34Cl2N4O3S. The van der Waals surface area contributed by atoms with E-state index < -0.39 is 5.92 Å². The molecule has 38 heavy (non-hydrogen) atoms. The van der Waals surface area contributed by atoms with Crippen LogP contribution in [0.2, 0.25) is 10.0 Å². The summed E-state index contributed by atoms with van der Waals surface area (Å²) in [6.45, 7) is 7.48. The first kappa shape index (κ1) is 29.9. The molecular weight excluding hydrogens is 543 g/mol. The van der Waals surface area contributed by atoms with Gasteiger partial charge >= 0.3 is 5.97 Å². The Hall–Kier alpha value is -2.65. The Kier molecular flexibility index (Phi) is 11.4. The van der Waals surface area contributed by atoms with Crippen LogP contribution < -0.4 is 16.4 Å². The number of carbonyl (C=O) groups is 2. The third-order valence-corrected chi connectivity index (χ3v) is 7.48. The van der Waals surface area contributed by atoms with E-state index in [4.69, 9.17) is 38.7 Å². The van der Waals surface area contributed by atoms with E-state index in [0.717, 1.165) is 28.1 Å². The van der Waals surface area contributed by atoms with E-state index in [2.05, 4.69) is 24.5 Å². The van der Waals surface area contributed by atoms with Crippen LogP contribution in [0, 0.1) is 11.8 Å². The van der Waals surface area contributed by atoms with Crippen LogP contribution in [0.5, 0.6) is 0 Å². The molecule has 0 saturated carbocycles. The van der Waals surface area contributed by atoms with E-state index in [9.17, 15) is 9.59 Å². The van der Waals surface area contributed by atoms with Crippen LogP contribution in [-0.2, 0) is 22.4 Å². The van der Waals surface area contributed by atoms with Crippen molar-refractivity contribution < 1.29 is 14.3 Å². The molecule has 1 aromatic heterocycles. The number of nitrogens with one attached hydrogen (secondary N) is 2. The first-order valence-corrected chi connectivity index (χ1v) is 14.2. The van der Waals surface area contributed by atoms with Gasteiger partial charge in [0.15, 0.2) is 5.13 Å². The molecule has 3 aromatic rings. The topological polar surface area (TPSA) is 106 Å². The molecule has 2 aromatic carbocycles. The highest BCUT2D eigenvalue weighted by Crippen LogP contribution is 2.36. The number of hydrogen-bond acceptors (Lipinski definition) is 7. The van der Waals surface area contributed by atoms with E-state index in [0.29, 0.717) is 52.7 Å². The van der Waals surface area contributed by atoms with Gasteiger partial charge in [-0.2, -0.15) is 0 Å². The van der Waals surface area contributed by atoms with Crippen LogP contribution >= 0.6 is 34.5 Å². The molecule has 0 radical (unpaired) electrons. The number of carbonyl (C=O) groups excluding carboxylic acids is 2. The summed E-state index contributed by atoms with van der Waals surface area (Å²) < 4.78 is 5.35. The van der Waals surface area contributed by atoms with Crippen molar-refractivity contribution in [1.29, 1.82) is 0 Å². The van der Waals surface area contributed by atoms with Crippen molar-refractivity contribution in [3.63, 3.8) is 0 Å². The molecule has 0 aliphatic carbocycles. The van der Waals surface area contributed by atoms with Gasteiger partial charge in [0.05, 0.1) is 28.3 Å². The van der Waals surface area contributed by atoms with E-state index in [-0.39, 0.29) is 18.5 Å². The minimum Gasteiger partial charge on any atom is -0.466 e. The minimum atomic E-state index is -0.469. The highest BCUT2D eigenvalue weighted by Gasteiger charge is 2.23. The molecule has 3 rings (SSSR count). The van der Waals surface area contributed by atoms with E-state index >= 15 is 0 Å². The van der Waals surface area contributed by atoms with Crippen molar-refractivity contribution in [2.45, 2.75) is 33.6 Å². The number of aromatic nitrogens is 1. The lowest BCUT2D eigenvalue weighted by Crippen LogP contribution is -2.29. The number of ether oxygens (including phenoxy) is 1. The van der Waals surface area contributed by atoms with Crippen molar-refractivity contribution in [2.75, 3.05) is 31.6 Å². The molecule has 7 nitrogen and oxygen atoms in total. The third-order valence-electron chi connectivity index (χ3n) is 5.70. The number of rotatable bonds is 13. The normalized spacial score (nSPS) is 11.9. The zero-order valence-corrected chi connectivity index (χ0v) is 24.2. The standard InChI is InChI=1S/C28H34Cl2N4O3S/c1-4-37-27(36)21(14-18-6-5-7-20(13-18)26(35)32-11-10-31)16-33-28-34-25(24(38-28)12-17(2)3)19-8-9-22(29)23(30)15-19/h5-9,13,15,17,21H,4,10-12,14,16,31H2,1-3H3,(H,32,35)(H,33,34). The lowest BCUT2D eigenvalue weighted by molar-refractivity contribution is -0.147. The van der Waals surface area contributed by atoms with Crippen LogP contribution in [-0.4, -0.2) is 43.1 Å². The third kappa shape index (κ3) is 8.43. The van der Waals surface area contributed by atoms with Crippen LogP contribution in [0.25, 0.3) is 11.3 Å². The predicted octanol–water partition coefficient (Wildman–Crippen LogP) is 5.84. The average Bonchev–Trinajstić information content (AvgIpc) is 3.28. The fourth-order valence-electron chi connectivity index (χ4n) is 3.93. The summed E-state index contributed by atoms with van der Waals surface area (Å²) in [6.07, 6.45) is 1.27. The fraction of sp³-hybridized carbons (Fsp3) is 0.393. The molecule has 1 atom stereocenters. The van der Waals surface area contributed by atoms with Gasteiger partial charge in [0.25, 0.3) is 5.91 Å². The molecule has 4 N–H and O–H groups in total. The maximum Gasteiger partial charge on any atom is 0.311 e. The SMILES string of the molecule is CCOC(=O)C(CNc1nc(-c2ccc(Cl)c(Cl)c2)c(CC(C)C)s1)Cc1cccc(C(=O)NCCN)c1. The number of esters is 1. The molecule has 0 fully saturated rings. The van der Waals surface area contributed by atoms with Gasteiger partial charge in [0.1, 0.15) is 0 Å². The minimum absolute atomic E-state index is 0.196. The van der Waals surface area contributed by atoms with Gasteiger partial charge in [-0.05, 0) is 55.5 Å². The molecule has 1 unspecified atom stereocenters. The summed E-state index contributed by atoms with van der Waals surface area (Å²) in [5.41, 5.74) is 8.62. The number of halogens is 2. The van der Waals surface area contributed by atoms with E-state index in [1.165, 1.54) is 0 Å². The fourth-order valence-corrected chi connectivity index (χ4v) is 5.43. The number of anilines is 1. The van der Waals surface area contributed by atoms with Gasteiger partial charge in [-0.15, -0.1) is 11.3 Å². The highest BCUT2D eigenvalue weighted by atomic mass is 35.5. The van der Waals surface area contributed by atoms with Crippen LogP contribution in [0.15, 0.2) is 42.5 Å². The Balaban J connectivity index is 1.80. The monoisotopic (exact) mass is 576 g/mol. The Labute approximate surface area is 238 Å². The van der Waals surface area contributed by atoms with Crippen molar-refractivity contribution in [3.8, 4) is 11.3 Å². The Bertz CT molecular complexity index is 1250. The van der Waals surface area contributed by atoms with Gasteiger partial charge in [-0.1, -0.05) is 55.2 Å². The second-order valence-electron chi connectivity index (χ2n) is 9.30. The van der Waals surface area contributed by atoms with Gasteiger partial charge in [0, 0.05) is 35.6 Å². The summed E-state index contributed by atoms with van der Waals surface area (Å²) in [7, 11) is 0. The maximum atomic E-state index is 12.8. The van der Waals surface area contributed by atoms with Gasteiger partial charge in [-0.25, -0.2) is 4.98 Å². The number of hydrogen-bond donors (Lipinski definition) is 3. The quantitative estimate of drug-likeness (QED) is 0.221. The van der Waals surface area contributed by atoms with Gasteiger partial charge in [0.2, 0.25) is 0 Å². The molecule has 0 bridgehead atoms. The molecule has 10 heteroatoms. The number of thiazole rings is 1. The van der Waals surface area contributed by atoms with Gasteiger partial charge < -0.3 is 21.1 Å². The Morgan fingerprint density at radius 1 is 1.11 bits per heavy atom. The van der Waals surface area contributed by atoms with Crippen LogP contribution in [0.3, 0.4) is 0 Å². The zero-order chi connectivity index (χ0) is 27.7. The molecule has 1 amide bonds. The summed E-state index contributed by atoms with van der Waals surface area (Å²) in [5.74, 6) is -0.533. The van der Waals surface area contributed by atoms with Gasteiger partial charge in [-0.3, -0.25) is 9.59 Å². The molecule has 204 valence electrons. The van der Waals surface area contributed by atoms with Crippen LogP contribution in [0.4, 0.5) is 5.13 Å².